The van der Waals surface area contributed by atoms with Crippen molar-refractivity contribution in [3.05, 3.63) is 0 Å². The minimum Gasteiger partial charge on any atom is -0.520 e. The Hall–Kier alpha value is 0.0406. The molecule has 0 rings (SSSR count). The average molecular weight is 392 g/mol. The van der Waals surface area contributed by atoms with Crippen LogP contribution < -0.4 is 0 Å². The van der Waals surface area contributed by atoms with E-state index in [2.05, 4.69) is 63.9 Å². The summed E-state index contributed by atoms with van der Waals surface area (Å²) in [6.45, 7) is 24.6. The highest BCUT2D eigenvalue weighted by Gasteiger charge is 2.30. The van der Waals surface area contributed by atoms with Gasteiger partial charge >= 0.3 is 0 Å². The Balaban J connectivity index is 4.66. The summed E-state index contributed by atoms with van der Waals surface area (Å²) in [6.07, 6.45) is 1.15. The normalized spacial score (nSPS) is 14.8. The maximum Gasteiger partial charge on any atom is 0.296 e. The van der Waals surface area contributed by atoms with Crippen LogP contribution in [0.2, 0.25) is 58.4 Å². The molecule has 0 fully saturated rings. The third-order valence-corrected chi connectivity index (χ3v) is 9.74. The first-order chi connectivity index (χ1) is 10.7. The molecule has 0 saturated carbocycles. The van der Waals surface area contributed by atoms with E-state index in [0.717, 1.165) is 26.1 Å². The van der Waals surface area contributed by atoms with E-state index in [1.807, 2.05) is 6.92 Å². The molecule has 0 heterocycles. The number of hydrogen-bond acceptors (Lipinski definition) is 4. The molecular formula is C17H41NO3Si3. The second kappa shape index (κ2) is 9.66. The van der Waals surface area contributed by atoms with Gasteiger partial charge in [0.25, 0.3) is 5.97 Å². The van der Waals surface area contributed by atoms with Gasteiger partial charge in [-0.25, -0.2) is 0 Å². The van der Waals surface area contributed by atoms with Crippen LogP contribution in [0.15, 0.2) is 0 Å². The second-order valence-corrected chi connectivity index (χ2v) is 23.1. The molecule has 0 aromatic rings. The van der Waals surface area contributed by atoms with Gasteiger partial charge in [-0.05, 0) is 58.7 Å². The van der Waals surface area contributed by atoms with Crippen LogP contribution >= 0.6 is 0 Å². The highest BCUT2D eigenvalue weighted by atomic mass is 28.4. The Bertz CT molecular complexity index is 390. The zero-order valence-electron chi connectivity index (χ0n) is 17.8. The Morgan fingerprint density at radius 2 is 1.58 bits per heavy atom. The topological polar surface area (TPSA) is 38.8 Å². The van der Waals surface area contributed by atoms with Crippen molar-refractivity contribution in [1.82, 2.24) is 4.57 Å². The van der Waals surface area contributed by atoms with E-state index in [4.69, 9.17) is 8.85 Å². The van der Waals surface area contributed by atoms with E-state index in [9.17, 15) is 4.79 Å². The molecule has 0 aromatic carbocycles. The van der Waals surface area contributed by atoms with Gasteiger partial charge in [0.1, 0.15) is 8.24 Å². The van der Waals surface area contributed by atoms with E-state index < -0.39 is 24.9 Å². The maximum absolute atomic E-state index is 12.3. The van der Waals surface area contributed by atoms with Crippen molar-refractivity contribution in [1.29, 1.82) is 0 Å². The van der Waals surface area contributed by atoms with Gasteiger partial charge in [-0.3, -0.25) is 4.79 Å². The van der Waals surface area contributed by atoms with E-state index in [-0.39, 0.29) is 11.9 Å². The van der Waals surface area contributed by atoms with Crippen LogP contribution in [0.4, 0.5) is 0 Å². The Labute approximate surface area is 153 Å². The Morgan fingerprint density at radius 1 is 1.04 bits per heavy atom. The van der Waals surface area contributed by atoms with Gasteiger partial charge in [0.2, 0.25) is 8.32 Å². The molecule has 0 aromatic heterocycles. The van der Waals surface area contributed by atoms with Gasteiger partial charge in [0, 0.05) is 13.2 Å². The van der Waals surface area contributed by atoms with E-state index >= 15 is 0 Å². The van der Waals surface area contributed by atoms with Gasteiger partial charge in [-0.1, -0.05) is 26.6 Å². The van der Waals surface area contributed by atoms with Crippen LogP contribution in [0, 0.1) is 5.92 Å². The van der Waals surface area contributed by atoms with Crippen LogP contribution in [-0.4, -0.2) is 55.1 Å². The molecule has 0 bridgehead atoms. The predicted octanol–water partition coefficient (Wildman–Crippen LogP) is 4.77. The summed E-state index contributed by atoms with van der Waals surface area (Å²) in [5.74, 6) is -0.0814. The maximum atomic E-state index is 12.3. The van der Waals surface area contributed by atoms with Crippen molar-refractivity contribution >= 4 is 30.8 Å². The van der Waals surface area contributed by atoms with Crippen molar-refractivity contribution < 1.29 is 13.6 Å². The van der Waals surface area contributed by atoms with E-state index in [1.165, 1.54) is 6.04 Å². The first kappa shape index (κ1) is 24.0. The number of carbonyl (C=O) groups is 1. The fourth-order valence-corrected chi connectivity index (χ4v) is 7.06. The molecule has 1 atom stereocenters. The zero-order chi connectivity index (χ0) is 19.2. The van der Waals surface area contributed by atoms with Crippen LogP contribution in [0.1, 0.15) is 20.3 Å². The summed E-state index contributed by atoms with van der Waals surface area (Å²) in [6, 6.07) is 1.18. The van der Waals surface area contributed by atoms with E-state index in [1.54, 1.807) is 0 Å². The molecule has 24 heavy (non-hydrogen) atoms. The lowest BCUT2D eigenvalue weighted by molar-refractivity contribution is -0.139. The summed E-state index contributed by atoms with van der Waals surface area (Å²) in [5.41, 5.74) is 0. The molecule has 0 amide bonds. The quantitative estimate of drug-likeness (QED) is 0.476. The second-order valence-electron chi connectivity index (χ2n) is 9.35. The number of carbonyl (C=O) groups excluding carboxylic acids is 1. The lowest BCUT2D eigenvalue weighted by Crippen LogP contribution is -2.50. The van der Waals surface area contributed by atoms with Crippen LogP contribution in [0.25, 0.3) is 0 Å². The molecule has 0 spiro atoms. The minimum absolute atomic E-state index is 0.0264. The lowest BCUT2D eigenvalue weighted by Gasteiger charge is -2.36. The molecule has 0 radical (unpaired) electrons. The van der Waals surface area contributed by atoms with Crippen molar-refractivity contribution in [3.8, 4) is 0 Å². The van der Waals surface area contributed by atoms with Crippen LogP contribution in [-0.2, 0) is 13.6 Å². The van der Waals surface area contributed by atoms with Gasteiger partial charge in [-0.2, -0.15) is 0 Å². The fraction of sp³-hybridized carbons (Fsp3) is 0.941. The Kier molecular flexibility index (Phi) is 9.68. The fourth-order valence-electron chi connectivity index (χ4n) is 2.67. The predicted molar refractivity (Wildman–Crippen MR) is 112 cm³/mol. The third-order valence-electron chi connectivity index (χ3n) is 3.99. The van der Waals surface area contributed by atoms with Gasteiger partial charge in [0.05, 0.1) is 5.92 Å². The van der Waals surface area contributed by atoms with Crippen LogP contribution in [0.5, 0.6) is 0 Å². The number of hydrogen-bond donors (Lipinski definition) is 0. The van der Waals surface area contributed by atoms with Crippen molar-refractivity contribution in [2.24, 2.45) is 5.92 Å². The standard InChI is InChI=1S/C17H41NO3Si3/c1-11-20-24(9,10)14-12-13-18(22(3,4)5)15-16(2)17(19)21-23(6,7)8/h16H,11-15H2,1-10H3. The molecule has 0 aliphatic rings. The highest BCUT2D eigenvalue weighted by Crippen LogP contribution is 2.19. The van der Waals surface area contributed by atoms with Crippen molar-refractivity contribution in [2.75, 3.05) is 19.7 Å². The molecule has 0 N–H and O–H groups in total. The smallest absolute Gasteiger partial charge is 0.296 e. The number of rotatable bonds is 11. The first-order valence-electron chi connectivity index (χ1n) is 9.30. The Morgan fingerprint density at radius 3 is 2.00 bits per heavy atom. The molecule has 7 heteroatoms. The number of nitrogens with zero attached hydrogens (tertiary/aromatic N) is 1. The summed E-state index contributed by atoms with van der Waals surface area (Å²) >= 11 is 0. The lowest BCUT2D eigenvalue weighted by atomic mass is 10.2. The zero-order valence-corrected chi connectivity index (χ0v) is 20.8. The molecule has 1 unspecified atom stereocenters. The van der Waals surface area contributed by atoms with Gasteiger partial charge in [0.15, 0.2) is 8.32 Å². The highest BCUT2D eigenvalue weighted by molar-refractivity contribution is 6.73. The average Bonchev–Trinajstić information content (AvgIpc) is 2.33. The largest absolute Gasteiger partial charge is 0.520 e. The van der Waals surface area contributed by atoms with Gasteiger partial charge < -0.3 is 13.4 Å². The minimum atomic E-state index is -1.81. The summed E-state index contributed by atoms with van der Waals surface area (Å²) in [4.78, 5) is 12.3. The molecule has 144 valence electrons. The molecule has 0 aliphatic heterocycles. The molecular weight excluding hydrogens is 350 g/mol. The molecule has 0 saturated heterocycles. The monoisotopic (exact) mass is 391 g/mol. The van der Waals surface area contributed by atoms with Crippen LogP contribution in [0.3, 0.4) is 0 Å². The summed E-state index contributed by atoms with van der Waals surface area (Å²) < 4.78 is 14.2. The third kappa shape index (κ3) is 10.8. The van der Waals surface area contributed by atoms with Gasteiger partial charge in [-0.15, -0.1) is 0 Å². The summed E-state index contributed by atoms with van der Waals surface area (Å²) in [5, 5.41) is 0. The molecule has 4 nitrogen and oxygen atoms in total. The van der Waals surface area contributed by atoms with E-state index in [0.29, 0.717) is 0 Å². The van der Waals surface area contributed by atoms with Crippen molar-refractivity contribution in [2.45, 2.75) is 78.7 Å². The molecule has 0 aliphatic carbocycles. The van der Waals surface area contributed by atoms with Crippen molar-refractivity contribution in [3.63, 3.8) is 0 Å². The SMILES string of the molecule is CCO[Si](C)(C)CCCN(CC(C)C(=O)O[Si](C)(C)C)[Si](C)(C)C. The summed E-state index contributed by atoms with van der Waals surface area (Å²) in [7, 11) is -4.78. The first-order valence-corrected chi connectivity index (χ1v) is 19.3.